The van der Waals surface area contributed by atoms with Crippen molar-refractivity contribution in [3.63, 3.8) is 0 Å². The zero-order valence-electron chi connectivity index (χ0n) is 12.7. The van der Waals surface area contributed by atoms with Crippen LogP contribution < -0.4 is 0 Å². The Hall–Kier alpha value is -2.26. The number of halogens is 1. The number of thioether (sulfide) groups is 1. The number of aryl methyl sites for hydroxylation is 1. The van der Waals surface area contributed by atoms with Gasteiger partial charge in [0.05, 0.1) is 16.7 Å². The summed E-state index contributed by atoms with van der Waals surface area (Å²) in [5.41, 5.74) is 2.87. The SMILES string of the molecule is Cn1nnnc1-n1c(SCc2ccc(Br)cn2)nc2ccccc21. The molecule has 4 rings (SSSR count). The van der Waals surface area contributed by atoms with E-state index in [2.05, 4.69) is 36.4 Å². The van der Waals surface area contributed by atoms with Crippen molar-refractivity contribution in [1.29, 1.82) is 0 Å². The molecule has 0 N–H and O–H groups in total. The Morgan fingerprint density at radius 3 is 2.79 bits per heavy atom. The molecule has 0 spiro atoms. The molecule has 3 aromatic heterocycles. The van der Waals surface area contributed by atoms with Crippen molar-refractivity contribution >= 4 is 38.7 Å². The lowest BCUT2D eigenvalue weighted by Gasteiger charge is -2.06. The van der Waals surface area contributed by atoms with Crippen LogP contribution in [0, 0.1) is 0 Å². The number of para-hydroxylation sites is 2. The Bertz CT molecular complexity index is 993. The van der Waals surface area contributed by atoms with Gasteiger partial charge in [-0.25, -0.2) is 9.67 Å². The largest absolute Gasteiger partial charge is 0.259 e. The van der Waals surface area contributed by atoms with Gasteiger partial charge < -0.3 is 0 Å². The highest BCUT2D eigenvalue weighted by atomic mass is 79.9. The molecule has 24 heavy (non-hydrogen) atoms. The molecule has 0 aliphatic rings. The number of fused-ring (bicyclic) bond motifs is 1. The highest BCUT2D eigenvalue weighted by molar-refractivity contribution is 9.10. The fraction of sp³-hybridized carbons (Fsp3) is 0.133. The van der Waals surface area contributed by atoms with Gasteiger partial charge in [0.2, 0.25) is 0 Å². The topological polar surface area (TPSA) is 74.3 Å². The quantitative estimate of drug-likeness (QED) is 0.489. The summed E-state index contributed by atoms with van der Waals surface area (Å²) in [6, 6.07) is 11.9. The number of hydrogen-bond acceptors (Lipinski definition) is 6. The second-order valence-electron chi connectivity index (χ2n) is 5.08. The predicted octanol–water partition coefficient (Wildman–Crippen LogP) is 3.00. The molecule has 3 heterocycles. The fourth-order valence-corrected chi connectivity index (χ4v) is 3.49. The average Bonchev–Trinajstić information content (AvgIpc) is 3.17. The maximum absolute atomic E-state index is 4.72. The van der Waals surface area contributed by atoms with Crippen molar-refractivity contribution in [2.24, 2.45) is 7.05 Å². The van der Waals surface area contributed by atoms with Gasteiger partial charge >= 0.3 is 0 Å². The van der Waals surface area contributed by atoms with Crippen LogP contribution in [0.25, 0.3) is 17.0 Å². The van der Waals surface area contributed by atoms with Crippen molar-refractivity contribution in [1.82, 2.24) is 34.7 Å². The first kappa shape index (κ1) is 15.3. The van der Waals surface area contributed by atoms with Crippen LogP contribution in [0.1, 0.15) is 5.69 Å². The van der Waals surface area contributed by atoms with Gasteiger partial charge in [0.1, 0.15) is 0 Å². The lowest BCUT2D eigenvalue weighted by Crippen LogP contribution is -2.05. The molecule has 120 valence electrons. The number of nitrogens with zero attached hydrogens (tertiary/aromatic N) is 7. The first-order valence-electron chi connectivity index (χ1n) is 7.16. The molecule has 0 saturated carbocycles. The van der Waals surface area contributed by atoms with E-state index < -0.39 is 0 Å². The second-order valence-corrected chi connectivity index (χ2v) is 6.94. The molecule has 0 unspecified atom stereocenters. The van der Waals surface area contributed by atoms with E-state index in [0.717, 1.165) is 26.4 Å². The minimum absolute atomic E-state index is 0.634. The third-order valence-corrected chi connectivity index (χ3v) is 4.91. The van der Waals surface area contributed by atoms with Crippen LogP contribution in [-0.2, 0) is 12.8 Å². The number of hydrogen-bond donors (Lipinski definition) is 0. The summed E-state index contributed by atoms with van der Waals surface area (Å²) >= 11 is 5.00. The lowest BCUT2D eigenvalue weighted by molar-refractivity contribution is 0.682. The molecule has 0 aliphatic carbocycles. The first-order chi connectivity index (χ1) is 11.7. The van der Waals surface area contributed by atoms with Crippen molar-refractivity contribution in [2.75, 3.05) is 0 Å². The van der Waals surface area contributed by atoms with E-state index in [9.17, 15) is 0 Å². The molecule has 7 nitrogen and oxygen atoms in total. The van der Waals surface area contributed by atoms with Crippen molar-refractivity contribution in [3.05, 3.63) is 52.8 Å². The fourth-order valence-electron chi connectivity index (χ4n) is 2.34. The predicted molar refractivity (Wildman–Crippen MR) is 94.9 cm³/mol. The summed E-state index contributed by atoms with van der Waals surface area (Å²) in [6.45, 7) is 0. The molecular formula is C15H12BrN7S. The van der Waals surface area contributed by atoms with Crippen LogP contribution >= 0.6 is 27.7 Å². The van der Waals surface area contributed by atoms with Crippen LogP contribution in [0.15, 0.2) is 52.2 Å². The van der Waals surface area contributed by atoms with E-state index in [0.29, 0.717) is 11.7 Å². The molecule has 4 aromatic rings. The van der Waals surface area contributed by atoms with Crippen LogP contribution in [-0.4, -0.2) is 34.7 Å². The Kier molecular flexibility index (Phi) is 4.03. The van der Waals surface area contributed by atoms with Gasteiger partial charge in [-0.3, -0.25) is 9.55 Å². The van der Waals surface area contributed by atoms with Crippen molar-refractivity contribution in [3.8, 4) is 5.95 Å². The van der Waals surface area contributed by atoms with Crippen molar-refractivity contribution < 1.29 is 0 Å². The summed E-state index contributed by atoms with van der Waals surface area (Å²) in [5, 5.41) is 12.6. The van der Waals surface area contributed by atoms with Gasteiger partial charge in [-0.1, -0.05) is 29.0 Å². The zero-order valence-corrected chi connectivity index (χ0v) is 15.1. The Labute approximate surface area is 150 Å². The molecule has 0 bridgehead atoms. The van der Waals surface area contributed by atoms with Crippen molar-refractivity contribution in [2.45, 2.75) is 10.9 Å². The molecule has 0 fully saturated rings. The number of aromatic nitrogens is 7. The van der Waals surface area contributed by atoms with E-state index in [1.807, 2.05) is 48.0 Å². The number of benzene rings is 1. The van der Waals surface area contributed by atoms with Gasteiger partial charge in [0, 0.05) is 23.5 Å². The molecule has 0 atom stereocenters. The summed E-state index contributed by atoms with van der Waals surface area (Å²) in [6.07, 6.45) is 1.80. The van der Waals surface area contributed by atoms with E-state index >= 15 is 0 Å². The summed E-state index contributed by atoms with van der Waals surface area (Å²) in [5.74, 6) is 1.34. The molecule has 0 amide bonds. The van der Waals surface area contributed by atoms with Gasteiger partial charge in [-0.05, 0) is 50.6 Å². The summed E-state index contributed by atoms with van der Waals surface area (Å²) < 4.78 is 4.57. The van der Waals surface area contributed by atoms with E-state index in [-0.39, 0.29) is 0 Å². The number of rotatable bonds is 4. The summed E-state index contributed by atoms with van der Waals surface area (Å²) in [7, 11) is 1.81. The third kappa shape index (κ3) is 2.80. The van der Waals surface area contributed by atoms with Crippen LogP contribution in [0.4, 0.5) is 0 Å². The lowest BCUT2D eigenvalue weighted by atomic mass is 10.3. The summed E-state index contributed by atoms with van der Waals surface area (Å²) in [4.78, 5) is 9.13. The molecule has 0 aliphatic heterocycles. The third-order valence-electron chi connectivity index (χ3n) is 3.47. The maximum atomic E-state index is 4.72. The second kappa shape index (κ2) is 6.33. The highest BCUT2D eigenvalue weighted by Crippen LogP contribution is 2.28. The average molecular weight is 402 g/mol. The van der Waals surface area contributed by atoms with E-state index in [4.69, 9.17) is 4.98 Å². The van der Waals surface area contributed by atoms with Gasteiger partial charge in [-0.15, -0.1) is 0 Å². The molecular weight excluding hydrogens is 390 g/mol. The highest BCUT2D eigenvalue weighted by Gasteiger charge is 2.17. The normalized spacial score (nSPS) is 11.2. The maximum Gasteiger partial charge on any atom is 0.256 e. The molecule has 1 aromatic carbocycles. The Balaban J connectivity index is 1.74. The van der Waals surface area contributed by atoms with Crippen LogP contribution in [0.2, 0.25) is 0 Å². The Morgan fingerprint density at radius 1 is 1.17 bits per heavy atom. The van der Waals surface area contributed by atoms with E-state index in [1.165, 1.54) is 0 Å². The molecule has 0 saturated heterocycles. The molecule has 9 heteroatoms. The van der Waals surface area contributed by atoms with Gasteiger partial charge in [-0.2, -0.15) is 0 Å². The Morgan fingerprint density at radius 2 is 2.04 bits per heavy atom. The van der Waals surface area contributed by atoms with Crippen LogP contribution in [0.5, 0.6) is 0 Å². The van der Waals surface area contributed by atoms with E-state index in [1.54, 1.807) is 22.6 Å². The van der Waals surface area contributed by atoms with Crippen LogP contribution in [0.3, 0.4) is 0 Å². The van der Waals surface area contributed by atoms with Gasteiger partial charge in [0.15, 0.2) is 5.16 Å². The standard InChI is InChI=1S/C15H12BrN7S/c1-22-14(19-20-21-22)23-13-5-3-2-4-12(13)18-15(23)24-9-11-7-6-10(16)8-17-11/h2-8H,9H2,1H3. The smallest absolute Gasteiger partial charge is 0.256 e. The number of tetrazole rings is 1. The minimum atomic E-state index is 0.634. The molecule has 0 radical (unpaired) electrons. The monoisotopic (exact) mass is 401 g/mol. The zero-order chi connectivity index (χ0) is 16.5. The minimum Gasteiger partial charge on any atom is -0.259 e. The number of pyridine rings is 1. The number of imidazole rings is 1. The first-order valence-corrected chi connectivity index (χ1v) is 8.93. The van der Waals surface area contributed by atoms with Gasteiger partial charge in [0.25, 0.3) is 5.95 Å².